The van der Waals surface area contributed by atoms with Crippen LogP contribution in [0.4, 0.5) is 0 Å². The summed E-state index contributed by atoms with van der Waals surface area (Å²) in [6, 6.07) is 0.277. The molecule has 4 heterocycles. The molecule has 1 unspecified atom stereocenters. The minimum absolute atomic E-state index is 0.165. The summed E-state index contributed by atoms with van der Waals surface area (Å²) in [6.07, 6.45) is 7.43. The second-order valence-corrected chi connectivity index (χ2v) is 7.57. The maximum atomic E-state index is 12.7. The van der Waals surface area contributed by atoms with Crippen LogP contribution in [0.5, 0.6) is 0 Å². The van der Waals surface area contributed by atoms with E-state index in [0.717, 1.165) is 60.0 Å². The van der Waals surface area contributed by atoms with Gasteiger partial charge in [0.15, 0.2) is 0 Å². The first-order valence-electron chi connectivity index (χ1n) is 9.89. The molecule has 1 N–H and O–H groups in total. The largest absolute Gasteiger partial charge is 0.361 e. The van der Waals surface area contributed by atoms with E-state index in [1.165, 1.54) is 12.8 Å². The van der Waals surface area contributed by atoms with Crippen molar-refractivity contribution in [2.75, 3.05) is 13.1 Å². The number of piperidine rings is 1. The van der Waals surface area contributed by atoms with Gasteiger partial charge in [-0.25, -0.2) is 9.97 Å². The van der Waals surface area contributed by atoms with Crippen molar-refractivity contribution in [2.45, 2.75) is 65.0 Å². The average Bonchev–Trinajstić information content (AvgIpc) is 3.03. The molecular formula is C20H27N5O2. The van der Waals surface area contributed by atoms with Crippen LogP contribution < -0.4 is 5.32 Å². The van der Waals surface area contributed by atoms with E-state index in [2.05, 4.69) is 15.5 Å². The predicted molar refractivity (Wildman–Crippen MR) is 100 cm³/mol. The molecule has 144 valence electrons. The van der Waals surface area contributed by atoms with Gasteiger partial charge in [-0.05, 0) is 39.7 Å². The van der Waals surface area contributed by atoms with E-state index in [1.54, 1.807) is 0 Å². The molecule has 1 atom stereocenters. The van der Waals surface area contributed by atoms with Crippen molar-refractivity contribution in [1.82, 2.24) is 25.3 Å². The van der Waals surface area contributed by atoms with Crippen LogP contribution in [-0.2, 0) is 24.2 Å². The predicted octanol–water partition coefficient (Wildman–Crippen LogP) is 2.41. The summed E-state index contributed by atoms with van der Waals surface area (Å²) in [5, 5.41) is 7.47. The van der Waals surface area contributed by atoms with Crippen molar-refractivity contribution in [3.63, 3.8) is 0 Å². The molecule has 0 bridgehead atoms. The molecule has 0 aromatic carbocycles. The summed E-state index contributed by atoms with van der Waals surface area (Å²) in [7, 11) is 0. The number of aryl methyl sites for hydroxylation is 2. The summed E-state index contributed by atoms with van der Waals surface area (Å²) in [4.78, 5) is 24.0. The van der Waals surface area contributed by atoms with E-state index in [4.69, 9.17) is 9.51 Å². The summed E-state index contributed by atoms with van der Waals surface area (Å²) in [5.74, 6) is 1.88. The third kappa shape index (κ3) is 3.88. The fourth-order valence-electron chi connectivity index (χ4n) is 4.03. The maximum Gasteiger partial charge on any atom is 0.223 e. The summed E-state index contributed by atoms with van der Waals surface area (Å²) >= 11 is 0. The highest BCUT2D eigenvalue weighted by Gasteiger charge is 2.25. The van der Waals surface area contributed by atoms with Crippen molar-refractivity contribution in [1.29, 1.82) is 0 Å². The van der Waals surface area contributed by atoms with E-state index >= 15 is 0 Å². The van der Waals surface area contributed by atoms with Gasteiger partial charge in [0.05, 0.1) is 17.4 Å². The zero-order chi connectivity index (χ0) is 18.8. The molecule has 7 nitrogen and oxygen atoms in total. The molecule has 2 aromatic rings. The van der Waals surface area contributed by atoms with Gasteiger partial charge in [-0.3, -0.25) is 4.79 Å². The second kappa shape index (κ2) is 7.76. The highest BCUT2D eigenvalue weighted by atomic mass is 16.5. The van der Waals surface area contributed by atoms with Gasteiger partial charge in [0.1, 0.15) is 11.6 Å². The van der Waals surface area contributed by atoms with Crippen LogP contribution >= 0.6 is 0 Å². The number of fused-ring (bicyclic) bond motifs is 1. The number of carbonyl (C=O) groups excluding carboxylic acids is 1. The lowest BCUT2D eigenvalue weighted by molar-refractivity contribution is -0.132. The van der Waals surface area contributed by atoms with Gasteiger partial charge in [0.2, 0.25) is 5.91 Å². The lowest BCUT2D eigenvalue weighted by Crippen LogP contribution is -2.37. The Kier molecular flexibility index (Phi) is 5.20. The molecule has 1 saturated heterocycles. The van der Waals surface area contributed by atoms with Crippen molar-refractivity contribution >= 4 is 5.91 Å². The van der Waals surface area contributed by atoms with Crippen molar-refractivity contribution in [2.24, 2.45) is 0 Å². The van der Waals surface area contributed by atoms with Gasteiger partial charge in [-0.1, -0.05) is 11.6 Å². The molecule has 2 aromatic heterocycles. The molecule has 4 rings (SSSR count). The van der Waals surface area contributed by atoms with E-state index in [9.17, 15) is 4.79 Å². The average molecular weight is 369 g/mol. The number of hydrogen-bond donors (Lipinski definition) is 1. The Hall–Kier alpha value is -2.28. The smallest absolute Gasteiger partial charge is 0.223 e. The van der Waals surface area contributed by atoms with Gasteiger partial charge >= 0.3 is 0 Å². The van der Waals surface area contributed by atoms with Gasteiger partial charge in [0, 0.05) is 43.3 Å². The van der Waals surface area contributed by atoms with E-state index in [1.807, 2.05) is 24.9 Å². The SMILES string of the molecule is Cc1noc(C)c1CCC(=O)N1CCc2nc(C3CCCCN3)ncc2C1. The Morgan fingerprint density at radius 1 is 1.37 bits per heavy atom. The van der Waals surface area contributed by atoms with Gasteiger partial charge in [0.25, 0.3) is 0 Å². The maximum absolute atomic E-state index is 12.7. The Morgan fingerprint density at radius 3 is 3.00 bits per heavy atom. The van der Waals surface area contributed by atoms with Gasteiger partial charge in [-0.2, -0.15) is 0 Å². The fraction of sp³-hybridized carbons (Fsp3) is 0.600. The zero-order valence-electron chi connectivity index (χ0n) is 16.1. The minimum Gasteiger partial charge on any atom is -0.361 e. The van der Waals surface area contributed by atoms with E-state index in [0.29, 0.717) is 19.4 Å². The van der Waals surface area contributed by atoms with Gasteiger partial charge in [-0.15, -0.1) is 0 Å². The number of nitrogens with one attached hydrogen (secondary N) is 1. The van der Waals surface area contributed by atoms with Gasteiger partial charge < -0.3 is 14.7 Å². The van der Waals surface area contributed by atoms with E-state index in [-0.39, 0.29) is 11.9 Å². The molecular weight excluding hydrogens is 342 g/mol. The lowest BCUT2D eigenvalue weighted by atomic mass is 10.0. The zero-order valence-corrected chi connectivity index (χ0v) is 16.1. The highest BCUT2D eigenvalue weighted by molar-refractivity contribution is 5.76. The standard InChI is InChI=1S/C20H27N5O2/c1-13-16(14(2)27-24-13)6-7-19(26)25-10-8-17-15(12-25)11-22-20(23-17)18-5-3-4-9-21-18/h11,18,21H,3-10,12H2,1-2H3. The first-order chi connectivity index (χ1) is 13.1. The summed E-state index contributed by atoms with van der Waals surface area (Å²) in [5.41, 5.74) is 4.10. The number of carbonyl (C=O) groups is 1. The summed E-state index contributed by atoms with van der Waals surface area (Å²) < 4.78 is 5.18. The first kappa shape index (κ1) is 18.1. The Bertz CT molecular complexity index is 806. The van der Waals surface area contributed by atoms with Crippen LogP contribution in [0.3, 0.4) is 0 Å². The first-order valence-corrected chi connectivity index (χ1v) is 9.89. The molecule has 0 aliphatic carbocycles. The van der Waals surface area contributed by atoms with Crippen molar-refractivity contribution in [3.8, 4) is 0 Å². The number of nitrogens with zero attached hydrogens (tertiary/aromatic N) is 4. The second-order valence-electron chi connectivity index (χ2n) is 7.57. The third-order valence-corrected chi connectivity index (χ3v) is 5.70. The fourth-order valence-corrected chi connectivity index (χ4v) is 4.03. The number of rotatable bonds is 4. The number of amides is 1. The molecule has 2 aliphatic rings. The van der Waals surface area contributed by atoms with Crippen molar-refractivity contribution < 1.29 is 9.32 Å². The minimum atomic E-state index is 0.165. The number of hydrogen-bond acceptors (Lipinski definition) is 6. The lowest BCUT2D eigenvalue weighted by Gasteiger charge is -2.29. The molecule has 0 saturated carbocycles. The van der Waals surface area contributed by atoms with Crippen molar-refractivity contribution in [3.05, 3.63) is 40.3 Å². The molecule has 1 fully saturated rings. The van der Waals surface area contributed by atoms with Crippen LogP contribution in [0.15, 0.2) is 10.7 Å². The van der Waals surface area contributed by atoms with Crippen LogP contribution in [0.25, 0.3) is 0 Å². The van der Waals surface area contributed by atoms with Crippen LogP contribution in [-0.4, -0.2) is 39.0 Å². The topological polar surface area (TPSA) is 84.2 Å². The number of aromatic nitrogens is 3. The Labute approximate surface area is 159 Å². The monoisotopic (exact) mass is 369 g/mol. The highest BCUT2D eigenvalue weighted by Crippen LogP contribution is 2.24. The molecule has 0 radical (unpaired) electrons. The molecule has 0 spiro atoms. The van der Waals surface area contributed by atoms with E-state index < -0.39 is 0 Å². The van der Waals surface area contributed by atoms with Crippen LogP contribution in [0.1, 0.15) is 65.8 Å². The normalized spacial score (nSPS) is 19.8. The third-order valence-electron chi connectivity index (χ3n) is 5.70. The quantitative estimate of drug-likeness (QED) is 0.891. The Morgan fingerprint density at radius 2 is 2.26 bits per heavy atom. The molecule has 27 heavy (non-hydrogen) atoms. The molecule has 1 amide bonds. The van der Waals surface area contributed by atoms with Crippen LogP contribution in [0.2, 0.25) is 0 Å². The summed E-state index contributed by atoms with van der Waals surface area (Å²) in [6.45, 7) is 6.19. The molecule has 7 heteroatoms. The Balaban J connectivity index is 1.38. The van der Waals surface area contributed by atoms with Crippen LogP contribution in [0, 0.1) is 13.8 Å². The molecule has 2 aliphatic heterocycles.